The summed E-state index contributed by atoms with van der Waals surface area (Å²) in [5, 5.41) is 6.11. The molecule has 10 heteroatoms. The molecule has 1 fully saturated rings. The number of hydrogen-bond acceptors (Lipinski definition) is 4. The number of carbonyl (C=O) groups is 1. The average Bonchev–Trinajstić information content (AvgIpc) is 3.36. The lowest BCUT2D eigenvalue weighted by molar-refractivity contribution is -0.158. The van der Waals surface area contributed by atoms with E-state index in [0.717, 1.165) is 0 Å². The predicted molar refractivity (Wildman–Crippen MR) is 95.7 cm³/mol. The highest BCUT2D eigenvalue weighted by Gasteiger charge is 2.49. The highest BCUT2D eigenvalue weighted by atomic mass is 19.4. The van der Waals surface area contributed by atoms with Gasteiger partial charge in [0.2, 0.25) is 5.95 Å². The van der Waals surface area contributed by atoms with Gasteiger partial charge in [-0.3, -0.25) is 4.79 Å². The molecule has 29 heavy (non-hydrogen) atoms. The molecule has 1 aliphatic rings. The molecule has 0 unspecified atom stereocenters. The van der Waals surface area contributed by atoms with Crippen molar-refractivity contribution in [3.05, 3.63) is 47.3 Å². The number of aromatic nitrogens is 4. The Balaban J connectivity index is 1.74. The predicted octanol–water partition coefficient (Wildman–Crippen LogP) is 3.62. The number of halogens is 4. The van der Waals surface area contributed by atoms with E-state index in [4.69, 9.17) is 0 Å². The lowest BCUT2D eigenvalue weighted by atomic mass is 10.1. The number of nitrogens with zero attached hydrogens (tertiary/aromatic N) is 4. The monoisotopic (exact) mass is 407 g/mol. The molecule has 3 heterocycles. The zero-order valence-corrected chi connectivity index (χ0v) is 15.6. The van der Waals surface area contributed by atoms with Crippen molar-refractivity contribution in [2.24, 2.45) is 5.92 Å². The maximum Gasteiger partial charge on any atom is 0.408 e. The molecular formula is C19H17F4N5O. The van der Waals surface area contributed by atoms with Crippen molar-refractivity contribution in [1.29, 1.82) is 0 Å². The molecule has 1 amide bonds. The van der Waals surface area contributed by atoms with E-state index in [1.807, 2.05) is 0 Å². The van der Waals surface area contributed by atoms with E-state index in [1.54, 1.807) is 26.0 Å². The van der Waals surface area contributed by atoms with Crippen LogP contribution >= 0.6 is 0 Å². The molecule has 1 N–H and O–H groups in total. The molecule has 3 aromatic rings. The van der Waals surface area contributed by atoms with Crippen LogP contribution in [0.3, 0.4) is 0 Å². The Morgan fingerprint density at radius 2 is 1.97 bits per heavy atom. The molecule has 152 valence electrons. The van der Waals surface area contributed by atoms with Crippen molar-refractivity contribution < 1.29 is 22.4 Å². The number of hydrogen-bond donors (Lipinski definition) is 1. The number of rotatable bonds is 4. The number of aryl methyl sites for hydroxylation is 2. The molecule has 0 aliphatic heterocycles. The minimum atomic E-state index is -4.54. The summed E-state index contributed by atoms with van der Waals surface area (Å²) >= 11 is 0. The minimum absolute atomic E-state index is 0.0502. The molecule has 1 saturated carbocycles. The Hall–Kier alpha value is -3.04. The van der Waals surface area contributed by atoms with Gasteiger partial charge in [0.15, 0.2) is 5.65 Å². The van der Waals surface area contributed by atoms with Crippen LogP contribution in [-0.4, -0.2) is 37.7 Å². The second-order valence-electron chi connectivity index (χ2n) is 7.20. The quantitative estimate of drug-likeness (QED) is 0.530. The van der Waals surface area contributed by atoms with E-state index >= 15 is 0 Å². The zero-order chi connectivity index (χ0) is 20.9. The summed E-state index contributed by atoms with van der Waals surface area (Å²) in [6.07, 6.45) is -2.54. The first-order chi connectivity index (χ1) is 13.6. The highest BCUT2D eigenvalue weighted by Crippen LogP contribution is 2.40. The van der Waals surface area contributed by atoms with Gasteiger partial charge in [-0.15, -0.1) is 0 Å². The maximum atomic E-state index is 14.3. The molecule has 3 aromatic heterocycles. The first-order valence-corrected chi connectivity index (χ1v) is 9.01. The van der Waals surface area contributed by atoms with E-state index < -0.39 is 30.0 Å². The van der Waals surface area contributed by atoms with Crippen LogP contribution in [0.15, 0.2) is 24.4 Å². The molecule has 1 atom stereocenters. The molecule has 6 nitrogen and oxygen atoms in total. The van der Waals surface area contributed by atoms with Gasteiger partial charge in [0.05, 0.1) is 17.5 Å². The fraction of sp³-hybridized carbons (Fsp3) is 0.368. The third-order valence-electron chi connectivity index (χ3n) is 4.89. The van der Waals surface area contributed by atoms with Gasteiger partial charge < -0.3 is 5.32 Å². The van der Waals surface area contributed by atoms with Crippen LogP contribution < -0.4 is 5.32 Å². The summed E-state index contributed by atoms with van der Waals surface area (Å²) in [4.78, 5) is 20.6. The average molecular weight is 407 g/mol. The van der Waals surface area contributed by atoms with Gasteiger partial charge in [0, 0.05) is 11.4 Å². The summed E-state index contributed by atoms with van der Waals surface area (Å²) in [5.41, 5.74) is 1.31. The van der Waals surface area contributed by atoms with Crippen LogP contribution in [0.4, 0.5) is 17.6 Å². The second kappa shape index (κ2) is 6.78. The van der Waals surface area contributed by atoms with E-state index in [9.17, 15) is 22.4 Å². The third kappa shape index (κ3) is 3.66. The van der Waals surface area contributed by atoms with Gasteiger partial charge in [-0.25, -0.2) is 14.5 Å². The normalized spacial score (nSPS) is 15.5. The van der Waals surface area contributed by atoms with Crippen molar-refractivity contribution in [2.45, 2.75) is 38.9 Å². The number of nitrogens with one attached hydrogen (secondary N) is 1. The minimum Gasteiger partial charge on any atom is -0.340 e. The van der Waals surface area contributed by atoms with Gasteiger partial charge in [-0.1, -0.05) is 0 Å². The van der Waals surface area contributed by atoms with Crippen LogP contribution in [0.2, 0.25) is 0 Å². The van der Waals surface area contributed by atoms with Crippen LogP contribution in [0.5, 0.6) is 0 Å². The van der Waals surface area contributed by atoms with Gasteiger partial charge in [0.25, 0.3) is 5.91 Å². The number of fused-ring (bicyclic) bond motifs is 1. The first kappa shape index (κ1) is 19.3. The zero-order valence-electron chi connectivity index (χ0n) is 15.6. The molecule has 0 radical (unpaired) electrons. The lowest BCUT2D eigenvalue weighted by Crippen LogP contribution is -2.46. The van der Waals surface area contributed by atoms with Crippen LogP contribution in [0.25, 0.3) is 16.9 Å². The van der Waals surface area contributed by atoms with E-state index in [0.29, 0.717) is 24.2 Å². The van der Waals surface area contributed by atoms with Gasteiger partial charge in [-0.05, 0) is 50.8 Å². The SMILES string of the molecule is Cc1ccc(-c2cc(C)n3ncc(C(=O)N[C@@H](C4CC4)C(F)(F)F)c3n2)c(F)n1. The number of pyridine rings is 1. The second-order valence-corrected chi connectivity index (χ2v) is 7.20. The molecular weight excluding hydrogens is 390 g/mol. The van der Waals surface area contributed by atoms with E-state index in [1.165, 1.54) is 16.8 Å². The summed E-state index contributed by atoms with van der Waals surface area (Å²) in [6, 6.07) is 2.79. The standard InChI is InChI=1S/C19H17F4N5O/c1-9-3-6-12(16(20)25-9)14-7-10(2)28-17(26-14)13(8-24-28)18(29)27-15(11-4-5-11)19(21,22)23/h3,6-8,11,15H,4-5H2,1-2H3,(H,27,29)/t15-/m0/s1. The smallest absolute Gasteiger partial charge is 0.340 e. The largest absolute Gasteiger partial charge is 0.408 e. The third-order valence-corrected chi connectivity index (χ3v) is 4.89. The highest BCUT2D eigenvalue weighted by molar-refractivity contribution is 6.00. The van der Waals surface area contributed by atoms with Gasteiger partial charge in [0.1, 0.15) is 11.6 Å². The van der Waals surface area contributed by atoms with Crippen LogP contribution in [-0.2, 0) is 0 Å². The van der Waals surface area contributed by atoms with Crippen molar-refractivity contribution in [2.75, 3.05) is 0 Å². The topological polar surface area (TPSA) is 72.2 Å². The Morgan fingerprint density at radius 1 is 1.24 bits per heavy atom. The van der Waals surface area contributed by atoms with Crippen molar-refractivity contribution in [3.8, 4) is 11.3 Å². The Morgan fingerprint density at radius 3 is 2.59 bits per heavy atom. The molecule has 0 saturated heterocycles. The molecule has 0 bridgehead atoms. The Kier molecular flexibility index (Phi) is 4.51. The first-order valence-electron chi connectivity index (χ1n) is 9.01. The molecule has 0 aromatic carbocycles. The Bertz CT molecular complexity index is 1100. The molecule has 4 rings (SSSR count). The summed E-state index contributed by atoms with van der Waals surface area (Å²) < 4.78 is 55.4. The van der Waals surface area contributed by atoms with E-state index in [2.05, 4.69) is 20.4 Å². The number of carbonyl (C=O) groups excluding carboxylic acids is 1. The van der Waals surface area contributed by atoms with Gasteiger partial charge >= 0.3 is 6.18 Å². The Labute approximate surface area is 163 Å². The van der Waals surface area contributed by atoms with Crippen molar-refractivity contribution >= 4 is 11.6 Å². The number of alkyl halides is 3. The van der Waals surface area contributed by atoms with E-state index in [-0.39, 0.29) is 22.5 Å². The van der Waals surface area contributed by atoms with Crippen LogP contribution in [0.1, 0.15) is 34.6 Å². The summed E-state index contributed by atoms with van der Waals surface area (Å²) in [6.45, 7) is 3.32. The van der Waals surface area contributed by atoms with Crippen molar-refractivity contribution in [3.63, 3.8) is 0 Å². The fourth-order valence-corrected chi connectivity index (χ4v) is 3.24. The van der Waals surface area contributed by atoms with Crippen LogP contribution in [0, 0.1) is 25.7 Å². The lowest BCUT2D eigenvalue weighted by Gasteiger charge is -2.20. The fourth-order valence-electron chi connectivity index (χ4n) is 3.24. The summed E-state index contributed by atoms with van der Waals surface area (Å²) in [7, 11) is 0. The maximum absolute atomic E-state index is 14.3. The number of amides is 1. The van der Waals surface area contributed by atoms with Gasteiger partial charge in [-0.2, -0.15) is 22.7 Å². The summed E-state index contributed by atoms with van der Waals surface area (Å²) in [5.74, 6) is -2.25. The van der Waals surface area contributed by atoms with Crippen molar-refractivity contribution in [1.82, 2.24) is 24.9 Å². The molecule has 1 aliphatic carbocycles. The molecule has 0 spiro atoms.